The standard InChI is InChI=1S/2C5H5.CH3.ClH.Ti/c2*1-2-4-5-3-1;;;/h2*1-3H,4H2;1H3;1H;/q3*-1;;+3. The fraction of sp³-hybridized carbons (Fsp3) is 0.182. The van der Waals surface area contributed by atoms with Crippen molar-refractivity contribution in [1.29, 1.82) is 0 Å². The van der Waals surface area contributed by atoms with Crippen molar-refractivity contribution in [3.05, 3.63) is 56.0 Å². The van der Waals surface area contributed by atoms with Gasteiger partial charge in [-0.3, -0.25) is 12.2 Å². The molecule has 0 heterocycles. The summed E-state index contributed by atoms with van der Waals surface area (Å²) in [5.74, 6) is 0. The predicted octanol–water partition coefficient (Wildman–Crippen LogP) is 3.48. The number of rotatable bonds is 0. The van der Waals surface area contributed by atoms with Crippen molar-refractivity contribution in [2.75, 3.05) is 0 Å². The average Bonchev–Trinajstić information content (AvgIpc) is 2.67. The summed E-state index contributed by atoms with van der Waals surface area (Å²) in [5, 5.41) is 0. The summed E-state index contributed by atoms with van der Waals surface area (Å²) < 4.78 is 0. The number of halogens is 1. The van der Waals surface area contributed by atoms with Crippen LogP contribution in [0.15, 0.2) is 36.5 Å². The average molecular weight is 230 g/mol. The number of hydrogen-bond donors (Lipinski definition) is 0. The van der Waals surface area contributed by atoms with Gasteiger partial charge in [0.25, 0.3) is 0 Å². The summed E-state index contributed by atoms with van der Waals surface area (Å²) >= 11 is 0. The topological polar surface area (TPSA) is 0 Å². The Hall–Kier alpha value is -0.0357. The molecule has 1 radical (unpaired) electrons. The van der Waals surface area contributed by atoms with Crippen LogP contribution in [0.25, 0.3) is 0 Å². The van der Waals surface area contributed by atoms with Gasteiger partial charge >= 0.3 is 21.7 Å². The second-order valence-corrected chi connectivity index (χ2v) is 2.01. The Morgan fingerprint density at radius 1 is 0.846 bits per heavy atom. The van der Waals surface area contributed by atoms with Gasteiger partial charge in [0.15, 0.2) is 0 Å². The SMILES string of the molecule is Cl.[C-]1=CC=CC1.[C-]1=CC=CC1.[CH3-].[Ti+3]. The minimum atomic E-state index is 0. The molecule has 0 aromatic rings. The molecule has 0 aromatic carbocycles. The van der Waals surface area contributed by atoms with E-state index in [0.29, 0.717) is 0 Å². The molecule has 0 aliphatic heterocycles. The Balaban J connectivity index is -0.000000125. The van der Waals surface area contributed by atoms with Gasteiger partial charge in [0.2, 0.25) is 0 Å². The molecule has 0 atom stereocenters. The first-order chi connectivity index (χ1) is 5.00. The van der Waals surface area contributed by atoms with E-state index in [-0.39, 0.29) is 41.6 Å². The van der Waals surface area contributed by atoms with Gasteiger partial charge in [-0.2, -0.15) is 12.2 Å². The molecule has 0 saturated heterocycles. The number of hydrogen-bond acceptors (Lipinski definition) is 0. The molecule has 0 nitrogen and oxygen atoms in total. The van der Waals surface area contributed by atoms with Gasteiger partial charge in [-0.25, -0.2) is 24.3 Å². The van der Waals surface area contributed by atoms with Crippen LogP contribution in [0.5, 0.6) is 0 Å². The maximum Gasteiger partial charge on any atom is 3.00 e. The minimum absolute atomic E-state index is 0. The summed E-state index contributed by atoms with van der Waals surface area (Å²) in [6, 6.07) is 0. The summed E-state index contributed by atoms with van der Waals surface area (Å²) in [6.07, 6.45) is 20.0. The first kappa shape index (κ1) is 18.7. The van der Waals surface area contributed by atoms with Gasteiger partial charge in [0.05, 0.1) is 0 Å². The van der Waals surface area contributed by atoms with Crippen molar-refractivity contribution >= 4 is 12.4 Å². The quantitative estimate of drug-likeness (QED) is 0.441. The zero-order valence-electron chi connectivity index (χ0n) is 7.79. The van der Waals surface area contributed by atoms with Crippen LogP contribution < -0.4 is 0 Å². The van der Waals surface area contributed by atoms with Crippen molar-refractivity contribution in [3.8, 4) is 0 Å². The Morgan fingerprint density at radius 3 is 1.31 bits per heavy atom. The molecule has 0 saturated carbocycles. The van der Waals surface area contributed by atoms with Crippen molar-refractivity contribution in [2.45, 2.75) is 12.8 Å². The van der Waals surface area contributed by atoms with E-state index in [1.165, 1.54) is 0 Å². The fourth-order valence-electron chi connectivity index (χ4n) is 0.680. The fourth-order valence-corrected chi connectivity index (χ4v) is 0.680. The van der Waals surface area contributed by atoms with E-state index in [0.717, 1.165) is 12.8 Å². The van der Waals surface area contributed by atoms with E-state index in [1.807, 2.05) is 24.3 Å². The molecule has 0 unspecified atom stereocenters. The Bertz CT molecular complexity index is 148. The molecule has 2 aliphatic rings. The zero-order chi connectivity index (χ0) is 7.07. The number of allylic oxidation sites excluding steroid dienone is 8. The molecule has 0 aromatic heterocycles. The molecule has 0 spiro atoms. The van der Waals surface area contributed by atoms with Crippen LogP contribution >= 0.6 is 12.4 Å². The summed E-state index contributed by atoms with van der Waals surface area (Å²) in [4.78, 5) is 0. The van der Waals surface area contributed by atoms with E-state index in [4.69, 9.17) is 0 Å². The van der Waals surface area contributed by atoms with Gasteiger partial charge in [0, 0.05) is 0 Å². The predicted molar refractivity (Wildman–Crippen MR) is 56.8 cm³/mol. The van der Waals surface area contributed by atoms with Crippen molar-refractivity contribution < 1.29 is 21.7 Å². The van der Waals surface area contributed by atoms with Crippen molar-refractivity contribution in [1.82, 2.24) is 0 Å². The minimum Gasteiger partial charge on any atom is -0.358 e. The molecule has 0 bridgehead atoms. The van der Waals surface area contributed by atoms with Crippen LogP contribution in [0.1, 0.15) is 12.8 Å². The third kappa shape index (κ3) is 12.0. The second kappa shape index (κ2) is 14.5. The van der Waals surface area contributed by atoms with Gasteiger partial charge in [-0.15, -0.1) is 25.2 Å². The molecular weight excluding hydrogens is 215 g/mol. The maximum absolute atomic E-state index is 2.99. The largest absolute Gasteiger partial charge is 3.00 e. The molecule has 0 fully saturated rings. The summed E-state index contributed by atoms with van der Waals surface area (Å²) in [5.41, 5.74) is 0. The van der Waals surface area contributed by atoms with E-state index in [2.05, 4.69) is 24.3 Å². The molecular formula is C11H14ClTi. The van der Waals surface area contributed by atoms with Crippen LogP contribution in [0.4, 0.5) is 0 Å². The Kier molecular flexibility index (Phi) is 20.8. The van der Waals surface area contributed by atoms with Gasteiger partial charge < -0.3 is 7.43 Å². The molecule has 0 N–H and O–H groups in total. The van der Waals surface area contributed by atoms with Gasteiger partial charge in [-0.05, 0) is 0 Å². The zero-order valence-corrected chi connectivity index (χ0v) is 10.2. The Morgan fingerprint density at radius 2 is 1.23 bits per heavy atom. The molecule has 69 valence electrons. The first-order valence-corrected chi connectivity index (χ1v) is 3.43. The normalized spacial score (nSPS) is 13.5. The third-order valence-corrected chi connectivity index (χ3v) is 1.17. The van der Waals surface area contributed by atoms with Crippen LogP contribution in [-0.2, 0) is 21.7 Å². The first-order valence-electron chi connectivity index (χ1n) is 3.43. The van der Waals surface area contributed by atoms with E-state index >= 15 is 0 Å². The van der Waals surface area contributed by atoms with E-state index in [1.54, 1.807) is 0 Å². The third-order valence-electron chi connectivity index (χ3n) is 1.17. The Labute approximate surface area is 103 Å². The van der Waals surface area contributed by atoms with Gasteiger partial charge in [0.1, 0.15) is 0 Å². The monoisotopic (exact) mass is 229 g/mol. The molecule has 13 heavy (non-hydrogen) atoms. The van der Waals surface area contributed by atoms with Crippen LogP contribution in [0, 0.1) is 19.6 Å². The molecule has 2 aliphatic carbocycles. The maximum atomic E-state index is 2.99. The molecule has 2 heteroatoms. The summed E-state index contributed by atoms with van der Waals surface area (Å²) in [6.45, 7) is 0. The van der Waals surface area contributed by atoms with Gasteiger partial charge in [-0.1, -0.05) is 0 Å². The van der Waals surface area contributed by atoms with Crippen molar-refractivity contribution in [3.63, 3.8) is 0 Å². The smallest absolute Gasteiger partial charge is 0.358 e. The van der Waals surface area contributed by atoms with Crippen LogP contribution in [-0.4, -0.2) is 0 Å². The van der Waals surface area contributed by atoms with Crippen molar-refractivity contribution in [2.24, 2.45) is 0 Å². The summed E-state index contributed by atoms with van der Waals surface area (Å²) in [7, 11) is 0. The molecule has 2 rings (SSSR count). The van der Waals surface area contributed by atoms with Crippen LogP contribution in [0.2, 0.25) is 0 Å². The van der Waals surface area contributed by atoms with E-state index < -0.39 is 0 Å². The second-order valence-electron chi connectivity index (χ2n) is 2.01. The molecule has 0 amide bonds. The van der Waals surface area contributed by atoms with E-state index in [9.17, 15) is 0 Å². The van der Waals surface area contributed by atoms with Crippen LogP contribution in [0.3, 0.4) is 0 Å².